The van der Waals surface area contributed by atoms with Crippen molar-refractivity contribution in [2.45, 2.75) is 57.4 Å². The number of amides is 1. The van der Waals surface area contributed by atoms with E-state index in [9.17, 15) is 17.6 Å². The first-order chi connectivity index (χ1) is 14.7. The molecule has 0 saturated heterocycles. The van der Waals surface area contributed by atoms with Crippen LogP contribution in [0.15, 0.2) is 53.4 Å². The average molecular weight is 448 g/mol. The van der Waals surface area contributed by atoms with Crippen LogP contribution in [0.25, 0.3) is 0 Å². The molecule has 1 saturated carbocycles. The van der Waals surface area contributed by atoms with Gasteiger partial charge in [-0.2, -0.15) is 8.42 Å². The van der Waals surface area contributed by atoms with Gasteiger partial charge in [-0.05, 0) is 60.7 Å². The van der Waals surface area contributed by atoms with E-state index in [0.717, 1.165) is 43.4 Å². The SMILES string of the molecule is CC(C)CN(Cc1cccc(OS(=O)(=O)c2ccc(F)cc2)c1)C(=O)C1CCCCC1. The minimum absolute atomic E-state index is 0.0748. The van der Waals surface area contributed by atoms with E-state index in [1.54, 1.807) is 18.2 Å². The van der Waals surface area contributed by atoms with Crippen LogP contribution in [0.4, 0.5) is 4.39 Å². The maximum Gasteiger partial charge on any atom is 0.339 e. The fraction of sp³-hybridized carbons (Fsp3) is 0.458. The summed E-state index contributed by atoms with van der Waals surface area (Å²) in [6.45, 7) is 5.21. The summed E-state index contributed by atoms with van der Waals surface area (Å²) in [5.74, 6) is 0.223. The highest BCUT2D eigenvalue weighted by Crippen LogP contribution is 2.27. The summed E-state index contributed by atoms with van der Waals surface area (Å²) in [5, 5.41) is 0. The number of carbonyl (C=O) groups excluding carboxylic acids is 1. The van der Waals surface area contributed by atoms with Crippen LogP contribution in [-0.2, 0) is 21.5 Å². The van der Waals surface area contributed by atoms with Crippen molar-refractivity contribution >= 4 is 16.0 Å². The van der Waals surface area contributed by atoms with E-state index in [-0.39, 0.29) is 22.5 Å². The Labute approximate surface area is 184 Å². The van der Waals surface area contributed by atoms with Gasteiger partial charge in [0.25, 0.3) is 0 Å². The summed E-state index contributed by atoms with van der Waals surface area (Å²) in [5.41, 5.74) is 0.802. The van der Waals surface area contributed by atoms with Gasteiger partial charge in [0.1, 0.15) is 16.5 Å². The molecular weight excluding hydrogens is 417 g/mol. The van der Waals surface area contributed by atoms with Crippen LogP contribution in [0.5, 0.6) is 5.75 Å². The molecule has 5 nitrogen and oxygen atoms in total. The van der Waals surface area contributed by atoms with Crippen molar-refractivity contribution in [3.63, 3.8) is 0 Å². The lowest BCUT2D eigenvalue weighted by atomic mass is 9.88. The molecule has 0 aromatic heterocycles. The van der Waals surface area contributed by atoms with Crippen molar-refractivity contribution in [1.82, 2.24) is 4.90 Å². The van der Waals surface area contributed by atoms with Gasteiger partial charge >= 0.3 is 10.1 Å². The van der Waals surface area contributed by atoms with Crippen LogP contribution in [0, 0.1) is 17.7 Å². The summed E-state index contributed by atoms with van der Waals surface area (Å²) in [6.07, 6.45) is 5.25. The number of nitrogens with zero attached hydrogens (tertiary/aromatic N) is 1. The van der Waals surface area contributed by atoms with Crippen molar-refractivity contribution in [3.8, 4) is 5.75 Å². The first kappa shape index (κ1) is 23.3. The van der Waals surface area contributed by atoms with Crippen LogP contribution in [0.2, 0.25) is 0 Å². The molecule has 0 spiro atoms. The maximum atomic E-state index is 13.1. The highest BCUT2D eigenvalue weighted by Gasteiger charge is 2.26. The molecule has 1 aliphatic carbocycles. The zero-order valence-electron chi connectivity index (χ0n) is 18.1. The Balaban J connectivity index is 1.75. The molecule has 168 valence electrons. The molecule has 3 rings (SSSR count). The Bertz CT molecular complexity index is 983. The largest absolute Gasteiger partial charge is 0.379 e. The first-order valence-electron chi connectivity index (χ1n) is 10.8. The first-order valence-corrected chi connectivity index (χ1v) is 12.2. The van der Waals surface area contributed by atoms with Crippen LogP contribution < -0.4 is 4.18 Å². The summed E-state index contributed by atoms with van der Waals surface area (Å²) in [7, 11) is -4.07. The van der Waals surface area contributed by atoms with Crippen LogP contribution in [-0.4, -0.2) is 25.8 Å². The van der Waals surface area contributed by atoms with Crippen LogP contribution >= 0.6 is 0 Å². The number of halogens is 1. The van der Waals surface area contributed by atoms with Gasteiger partial charge in [-0.1, -0.05) is 45.2 Å². The minimum atomic E-state index is -4.07. The normalized spacial score (nSPS) is 15.1. The Morgan fingerprint density at radius 2 is 1.77 bits per heavy atom. The molecular formula is C24H30FNO4S. The van der Waals surface area contributed by atoms with Gasteiger partial charge in [-0.15, -0.1) is 0 Å². The van der Waals surface area contributed by atoms with E-state index in [1.165, 1.54) is 18.6 Å². The van der Waals surface area contributed by atoms with E-state index >= 15 is 0 Å². The van der Waals surface area contributed by atoms with Crippen molar-refractivity contribution in [2.75, 3.05) is 6.54 Å². The third-order valence-electron chi connectivity index (χ3n) is 5.43. The van der Waals surface area contributed by atoms with Gasteiger partial charge in [0, 0.05) is 19.0 Å². The monoisotopic (exact) mass is 447 g/mol. The molecule has 1 fully saturated rings. The van der Waals surface area contributed by atoms with Crippen molar-refractivity contribution < 1.29 is 21.8 Å². The Kier molecular flexibility index (Phi) is 7.70. The second-order valence-electron chi connectivity index (χ2n) is 8.59. The topological polar surface area (TPSA) is 63.7 Å². The second-order valence-corrected chi connectivity index (χ2v) is 10.1. The quantitative estimate of drug-likeness (QED) is 0.525. The van der Waals surface area contributed by atoms with Crippen molar-refractivity contribution in [2.24, 2.45) is 11.8 Å². The summed E-state index contributed by atoms with van der Waals surface area (Å²) < 4.78 is 43.3. The molecule has 2 aromatic carbocycles. The van der Waals surface area contributed by atoms with E-state index in [0.29, 0.717) is 19.0 Å². The van der Waals surface area contributed by atoms with Gasteiger partial charge in [0.2, 0.25) is 5.91 Å². The van der Waals surface area contributed by atoms with Gasteiger partial charge in [-0.3, -0.25) is 4.79 Å². The average Bonchev–Trinajstić information content (AvgIpc) is 2.73. The maximum absolute atomic E-state index is 13.1. The Morgan fingerprint density at radius 1 is 1.10 bits per heavy atom. The van der Waals surface area contributed by atoms with Crippen molar-refractivity contribution in [1.29, 1.82) is 0 Å². The number of hydrogen-bond donors (Lipinski definition) is 0. The second kappa shape index (κ2) is 10.3. The predicted molar refractivity (Wildman–Crippen MR) is 117 cm³/mol. The lowest BCUT2D eigenvalue weighted by Crippen LogP contribution is -2.38. The standard InChI is InChI=1S/C24H30FNO4S/c1-18(2)16-26(24(27)20-8-4-3-5-9-20)17-19-7-6-10-22(15-19)30-31(28,29)23-13-11-21(25)12-14-23/h6-7,10-15,18,20H,3-5,8-9,16-17H2,1-2H3. The molecule has 7 heteroatoms. The molecule has 1 aliphatic rings. The van der Waals surface area contributed by atoms with E-state index < -0.39 is 15.9 Å². The number of rotatable bonds is 8. The van der Waals surface area contributed by atoms with Gasteiger partial charge in [-0.25, -0.2) is 4.39 Å². The molecule has 0 heterocycles. The fourth-order valence-electron chi connectivity index (χ4n) is 3.97. The highest BCUT2D eigenvalue weighted by atomic mass is 32.2. The molecule has 0 bridgehead atoms. The molecule has 31 heavy (non-hydrogen) atoms. The molecule has 0 N–H and O–H groups in total. The predicted octanol–water partition coefficient (Wildman–Crippen LogP) is 5.16. The molecule has 0 atom stereocenters. The smallest absolute Gasteiger partial charge is 0.339 e. The Hall–Kier alpha value is -2.41. The number of benzene rings is 2. The summed E-state index contributed by atoms with van der Waals surface area (Å²) in [4.78, 5) is 14.9. The molecule has 2 aromatic rings. The summed E-state index contributed by atoms with van der Waals surface area (Å²) in [6, 6.07) is 11.3. The molecule has 0 radical (unpaired) electrons. The summed E-state index contributed by atoms with van der Waals surface area (Å²) >= 11 is 0. The van der Waals surface area contributed by atoms with Gasteiger partial charge < -0.3 is 9.08 Å². The molecule has 1 amide bonds. The lowest BCUT2D eigenvalue weighted by Gasteiger charge is -2.30. The zero-order valence-corrected chi connectivity index (χ0v) is 18.9. The van der Waals surface area contributed by atoms with Gasteiger partial charge in [0.05, 0.1) is 0 Å². The number of hydrogen-bond acceptors (Lipinski definition) is 4. The third kappa shape index (κ3) is 6.53. The third-order valence-corrected chi connectivity index (χ3v) is 6.69. The van der Waals surface area contributed by atoms with E-state index in [1.807, 2.05) is 11.0 Å². The lowest BCUT2D eigenvalue weighted by molar-refractivity contribution is -0.137. The highest BCUT2D eigenvalue weighted by molar-refractivity contribution is 7.87. The molecule has 0 aliphatic heterocycles. The fourth-order valence-corrected chi connectivity index (χ4v) is 4.90. The van der Waals surface area contributed by atoms with E-state index in [4.69, 9.17) is 4.18 Å². The zero-order chi connectivity index (χ0) is 22.4. The Morgan fingerprint density at radius 3 is 2.42 bits per heavy atom. The van der Waals surface area contributed by atoms with E-state index in [2.05, 4.69) is 13.8 Å². The van der Waals surface area contributed by atoms with Gasteiger partial charge in [0.15, 0.2) is 0 Å². The van der Waals surface area contributed by atoms with Crippen LogP contribution in [0.1, 0.15) is 51.5 Å². The molecule has 0 unspecified atom stereocenters. The van der Waals surface area contributed by atoms with Crippen molar-refractivity contribution in [3.05, 3.63) is 59.9 Å². The van der Waals surface area contributed by atoms with Crippen LogP contribution in [0.3, 0.4) is 0 Å². The number of carbonyl (C=O) groups is 1. The minimum Gasteiger partial charge on any atom is -0.379 e.